The highest BCUT2D eigenvalue weighted by atomic mass is 16.6. The van der Waals surface area contributed by atoms with Gasteiger partial charge in [0.05, 0.1) is 34.2 Å². The Morgan fingerprint density at radius 2 is 1.77 bits per heavy atom. The van der Waals surface area contributed by atoms with Crippen LogP contribution in [0.25, 0.3) is 22.7 Å². The highest BCUT2D eigenvalue weighted by molar-refractivity contribution is 5.92. The second kappa shape index (κ2) is 12.9. The van der Waals surface area contributed by atoms with Crippen molar-refractivity contribution in [1.82, 2.24) is 14.5 Å². The molecule has 9 heteroatoms. The summed E-state index contributed by atoms with van der Waals surface area (Å²) in [6.07, 6.45) is 4.41. The number of ether oxygens (including phenoxy) is 1. The molecule has 0 aliphatic heterocycles. The smallest absolute Gasteiger partial charge is 0.269 e. The fourth-order valence-electron chi connectivity index (χ4n) is 4.63. The zero-order valence-corrected chi connectivity index (χ0v) is 22.8. The fraction of sp³-hybridized carbons (Fsp3) is 0.258. The van der Waals surface area contributed by atoms with Crippen LogP contribution in [0.4, 0.5) is 5.69 Å². The van der Waals surface area contributed by atoms with Crippen molar-refractivity contribution in [2.24, 2.45) is 0 Å². The molecule has 0 saturated carbocycles. The molecule has 4 aromatic rings. The minimum Gasteiger partial charge on any atom is -0.383 e. The summed E-state index contributed by atoms with van der Waals surface area (Å²) in [5, 5.41) is 11.5. The Kier molecular flexibility index (Phi) is 9.19. The molecule has 0 saturated heterocycles. The average molecular weight is 541 g/mol. The van der Waals surface area contributed by atoms with Crippen molar-refractivity contribution in [2.75, 3.05) is 20.3 Å². The van der Waals surface area contributed by atoms with Gasteiger partial charge < -0.3 is 9.64 Å². The van der Waals surface area contributed by atoms with Crippen LogP contribution in [-0.2, 0) is 16.0 Å². The van der Waals surface area contributed by atoms with E-state index in [1.54, 1.807) is 46.9 Å². The molecule has 206 valence electrons. The number of nitro benzene ring substituents is 1. The third-order valence-electron chi connectivity index (χ3n) is 6.81. The molecule has 1 amide bonds. The number of fused-ring (bicyclic) bond motifs is 1. The van der Waals surface area contributed by atoms with Crippen LogP contribution in [0.2, 0.25) is 0 Å². The van der Waals surface area contributed by atoms with Crippen molar-refractivity contribution in [3.05, 3.63) is 116 Å². The Morgan fingerprint density at radius 3 is 2.40 bits per heavy atom. The summed E-state index contributed by atoms with van der Waals surface area (Å²) >= 11 is 0. The van der Waals surface area contributed by atoms with Crippen molar-refractivity contribution >= 4 is 28.6 Å². The second-order valence-electron chi connectivity index (χ2n) is 9.28. The van der Waals surface area contributed by atoms with Crippen molar-refractivity contribution < 1.29 is 14.5 Å². The van der Waals surface area contributed by atoms with Gasteiger partial charge in [-0.3, -0.25) is 24.3 Å². The highest BCUT2D eigenvalue weighted by Crippen LogP contribution is 2.27. The first-order valence-corrected chi connectivity index (χ1v) is 13.2. The van der Waals surface area contributed by atoms with Crippen LogP contribution >= 0.6 is 0 Å². The lowest BCUT2D eigenvalue weighted by Gasteiger charge is -2.31. The van der Waals surface area contributed by atoms with E-state index in [1.807, 2.05) is 43.3 Å². The maximum Gasteiger partial charge on any atom is 0.269 e. The number of hydrogen-bond donors (Lipinski definition) is 0. The predicted molar refractivity (Wildman–Crippen MR) is 155 cm³/mol. The molecule has 4 rings (SSSR count). The molecule has 1 atom stereocenters. The molecular weight excluding hydrogens is 508 g/mol. The molecule has 9 nitrogen and oxygen atoms in total. The van der Waals surface area contributed by atoms with Gasteiger partial charge >= 0.3 is 0 Å². The lowest BCUT2D eigenvalue weighted by molar-refractivity contribution is -0.384. The van der Waals surface area contributed by atoms with Crippen LogP contribution in [0, 0.1) is 10.1 Å². The normalized spacial score (nSPS) is 12.1. The molecule has 1 unspecified atom stereocenters. The average Bonchev–Trinajstić information content (AvgIpc) is 2.98. The fourth-order valence-corrected chi connectivity index (χ4v) is 4.63. The number of para-hydroxylation sites is 1. The molecule has 0 aliphatic carbocycles. The van der Waals surface area contributed by atoms with Crippen LogP contribution in [0.1, 0.15) is 43.3 Å². The topological polar surface area (TPSA) is 108 Å². The minimum absolute atomic E-state index is 0.0245. The SMILES string of the molecule is CCc1ccc(-n2c(C(CC)N(CCOC)C(=O)/C=C/c3ccc([N+](=O)[O-])cc3)nc3ccccc3c2=O)cc1. The summed E-state index contributed by atoms with van der Waals surface area (Å²) < 4.78 is 6.92. The highest BCUT2D eigenvalue weighted by Gasteiger charge is 2.28. The van der Waals surface area contributed by atoms with Gasteiger partial charge in [-0.1, -0.05) is 38.1 Å². The summed E-state index contributed by atoms with van der Waals surface area (Å²) in [6, 6.07) is 20.4. The Labute approximate surface area is 232 Å². The molecule has 40 heavy (non-hydrogen) atoms. The molecule has 0 aliphatic rings. The van der Waals surface area contributed by atoms with E-state index in [4.69, 9.17) is 9.72 Å². The van der Waals surface area contributed by atoms with Gasteiger partial charge in [0.25, 0.3) is 11.2 Å². The Morgan fingerprint density at radius 1 is 1.07 bits per heavy atom. The maximum atomic E-state index is 13.9. The molecule has 0 N–H and O–H groups in total. The summed E-state index contributed by atoms with van der Waals surface area (Å²) in [4.78, 5) is 44.5. The second-order valence-corrected chi connectivity index (χ2v) is 9.28. The standard InChI is InChI=1S/C31H32N4O5/c1-4-22-10-15-24(16-11-22)34-30(32-27-9-7-6-8-26(27)31(34)37)28(5-2)33(20-21-40-3)29(36)19-14-23-12-17-25(18-13-23)35(38)39/h6-19,28H,4-5,20-21H2,1-3H3/b19-14+. The molecule has 0 fully saturated rings. The van der Waals surface area contributed by atoms with Crippen LogP contribution < -0.4 is 5.56 Å². The number of nitro groups is 1. The van der Waals surface area contributed by atoms with Crippen LogP contribution in [0.5, 0.6) is 0 Å². The van der Waals surface area contributed by atoms with E-state index in [2.05, 4.69) is 6.92 Å². The number of non-ortho nitro benzene ring substituents is 1. The summed E-state index contributed by atoms with van der Waals surface area (Å²) in [6.45, 7) is 4.58. The van der Waals surface area contributed by atoms with Crippen LogP contribution in [0.15, 0.2) is 83.7 Å². The molecule has 1 aromatic heterocycles. The number of methoxy groups -OCH3 is 1. The Hall–Kier alpha value is -4.63. The zero-order valence-electron chi connectivity index (χ0n) is 22.8. The van der Waals surface area contributed by atoms with Crippen molar-refractivity contribution in [3.8, 4) is 5.69 Å². The van der Waals surface area contributed by atoms with E-state index < -0.39 is 11.0 Å². The number of benzene rings is 3. The largest absolute Gasteiger partial charge is 0.383 e. The number of nitrogens with zero attached hydrogens (tertiary/aromatic N) is 4. The van der Waals surface area contributed by atoms with Gasteiger partial charge in [0.1, 0.15) is 5.82 Å². The number of amides is 1. The van der Waals surface area contributed by atoms with Crippen molar-refractivity contribution in [1.29, 1.82) is 0 Å². The molecule has 0 bridgehead atoms. The van der Waals surface area contributed by atoms with Gasteiger partial charge in [-0.15, -0.1) is 0 Å². The monoisotopic (exact) mass is 540 g/mol. The van der Waals surface area contributed by atoms with E-state index in [9.17, 15) is 19.7 Å². The third kappa shape index (κ3) is 6.16. The lowest BCUT2D eigenvalue weighted by atomic mass is 10.1. The van der Waals surface area contributed by atoms with E-state index in [0.29, 0.717) is 34.4 Å². The minimum atomic E-state index is -0.535. The molecule has 1 heterocycles. The van der Waals surface area contributed by atoms with Gasteiger partial charge in [-0.25, -0.2) is 4.98 Å². The summed E-state index contributed by atoms with van der Waals surface area (Å²) in [5.41, 5.74) is 2.80. The number of carbonyl (C=O) groups excluding carboxylic acids is 1. The van der Waals surface area contributed by atoms with Crippen LogP contribution in [0.3, 0.4) is 0 Å². The van der Waals surface area contributed by atoms with E-state index in [0.717, 1.165) is 12.0 Å². The summed E-state index contributed by atoms with van der Waals surface area (Å²) in [7, 11) is 1.57. The Bertz CT molecular complexity index is 1580. The quantitative estimate of drug-likeness (QED) is 0.141. The molecule has 3 aromatic carbocycles. The van der Waals surface area contributed by atoms with Gasteiger partial charge in [0, 0.05) is 31.9 Å². The first-order valence-electron chi connectivity index (χ1n) is 13.2. The van der Waals surface area contributed by atoms with E-state index in [1.165, 1.54) is 18.2 Å². The van der Waals surface area contributed by atoms with Crippen LogP contribution in [-0.4, -0.2) is 45.5 Å². The maximum absolute atomic E-state index is 13.9. The first kappa shape index (κ1) is 28.4. The molecular formula is C31H32N4O5. The number of aryl methyl sites for hydroxylation is 1. The van der Waals surface area contributed by atoms with Gasteiger partial charge in [-0.05, 0) is 66.4 Å². The summed E-state index contributed by atoms with van der Waals surface area (Å²) in [5.74, 6) is 0.168. The lowest BCUT2D eigenvalue weighted by Crippen LogP contribution is -2.39. The Balaban J connectivity index is 1.80. The number of aromatic nitrogens is 2. The van der Waals surface area contributed by atoms with Crippen molar-refractivity contribution in [3.63, 3.8) is 0 Å². The predicted octanol–water partition coefficient (Wildman–Crippen LogP) is 5.50. The van der Waals surface area contributed by atoms with E-state index in [-0.39, 0.29) is 30.3 Å². The van der Waals surface area contributed by atoms with Gasteiger partial charge in [0.2, 0.25) is 5.91 Å². The number of carbonyl (C=O) groups is 1. The van der Waals surface area contributed by atoms with Crippen molar-refractivity contribution in [2.45, 2.75) is 32.7 Å². The number of hydrogen-bond acceptors (Lipinski definition) is 6. The molecule has 0 spiro atoms. The number of rotatable bonds is 11. The van der Waals surface area contributed by atoms with E-state index >= 15 is 0 Å². The third-order valence-corrected chi connectivity index (χ3v) is 6.81. The zero-order chi connectivity index (χ0) is 28.6. The molecule has 0 radical (unpaired) electrons. The first-order chi connectivity index (χ1) is 19.4. The van der Waals surface area contributed by atoms with Gasteiger partial charge in [-0.2, -0.15) is 0 Å². The van der Waals surface area contributed by atoms with Gasteiger partial charge in [0.15, 0.2) is 0 Å².